The molecule has 0 saturated heterocycles. The molecule has 0 bridgehead atoms. The van der Waals surface area contributed by atoms with Crippen LogP contribution in [0.4, 0.5) is 11.4 Å². The van der Waals surface area contributed by atoms with Crippen LogP contribution in [0.25, 0.3) is 0 Å². The second-order valence-electron chi connectivity index (χ2n) is 3.99. The molecule has 0 amide bonds. The molecule has 6 nitrogen and oxygen atoms in total. The van der Waals surface area contributed by atoms with Gasteiger partial charge in [-0.15, -0.1) is 0 Å². The highest BCUT2D eigenvalue weighted by molar-refractivity contribution is 7.92. The first-order chi connectivity index (χ1) is 8.42. The van der Waals surface area contributed by atoms with Crippen LogP contribution >= 0.6 is 0 Å². The van der Waals surface area contributed by atoms with Gasteiger partial charge in [0.15, 0.2) is 5.03 Å². The van der Waals surface area contributed by atoms with Gasteiger partial charge in [0, 0.05) is 0 Å². The molecular weight excluding hydrogens is 252 g/mol. The number of imidazole rings is 1. The lowest BCUT2D eigenvalue weighted by Crippen LogP contribution is -2.15. The van der Waals surface area contributed by atoms with Crippen molar-refractivity contribution in [1.82, 2.24) is 9.97 Å². The van der Waals surface area contributed by atoms with E-state index < -0.39 is 10.0 Å². The minimum absolute atomic E-state index is 0.00260. The van der Waals surface area contributed by atoms with Crippen molar-refractivity contribution in [2.75, 3.05) is 10.5 Å². The minimum atomic E-state index is -3.68. The number of nitrogen functional groups attached to an aromatic ring is 1. The fraction of sp³-hybridized carbons (Fsp3) is 0.182. The Labute approximate surface area is 105 Å². The smallest absolute Gasteiger partial charge is 0.279 e. The molecule has 7 heteroatoms. The molecule has 0 radical (unpaired) electrons. The van der Waals surface area contributed by atoms with E-state index in [4.69, 9.17) is 5.73 Å². The zero-order valence-corrected chi connectivity index (χ0v) is 10.9. The third kappa shape index (κ3) is 2.17. The lowest BCUT2D eigenvalue weighted by atomic mass is 10.1. The lowest BCUT2D eigenvalue weighted by Gasteiger charge is -2.13. The normalized spacial score (nSPS) is 11.4. The number of anilines is 2. The van der Waals surface area contributed by atoms with Gasteiger partial charge in [0.2, 0.25) is 0 Å². The Hall–Kier alpha value is -2.02. The van der Waals surface area contributed by atoms with E-state index in [0.29, 0.717) is 11.4 Å². The molecule has 0 aliphatic heterocycles. The Bertz CT molecular complexity index is 663. The molecule has 2 rings (SSSR count). The molecule has 0 spiro atoms. The number of aryl methyl sites for hydroxylation is 1. The largest absolute Gasteiger partial charge is 0.397 e. The van der Waals surface area contributed by atoms with Crippen LogP contribution in [0, 0.1) is 13.8 Å². The summed E-state index contributed by atoms with van der Waals surface area (Å²) < 4.78 is 26.6. The van der Waals surface area contributed by atoms with Crippen molar-refractivity contribution in [3.8, 4) is 0 Å². The van der Waals surface area contributed by atoms with Crippen LogP contribution in [-0.2, 0) is 10.0 Å². The van der Waals surface area contributed by atoms with Crippen molar-refractivity contribution in [3.63, 3.8) is 0 Å². The number of sulfonamides is 1. The molecule has 1 heterocycles. The number of aromatic nitrogens is 2. The maximum Gasteiger partial charge on any atom is 0.279 e. The number of aromatic amines is 1. The van der Waals surface area contributed by atoms with E-state index in [-0.39, 0.29) is 5.03 Å². The molecule has 0 saturated carbocycles. The molecular formula is C11H14N4O2S. The maximum absolute atomic E-state index is 12.0. The summed E-state index contributed by atoms with van der Waals surface area (Å²) in [5.74, 6) is 0. The number of hydrogen-bond donors (Lipinski definition) is 3. The molecule has 0 aliphatic rings. The SMILES string of the molecule is Cc1ccc(N)c(NS(=O)(=O)c2cnc[nH]2)c1C. The highest BCUT2D eigenvalue weighted by Gasteiger charge is 2.18. The van der Waals surface area contributed by atoms with Gasteiger partial charge in [0.1, 0.15) is 0 Å². The average molecular weight is 266 g/mol. The summed E-state index contributed by atoms with van der Waals surface area (Å²) in [7, 11) is -3.68. The van der Waals surface area contributed by atoms with Crippen molar-refractivity contribution < 1.29 is 8.42 Å². The van der Waals surface area contributed by atoms with Crippen molar-refractivity contribution in [3.05, 3.63) is 35.8 Å². The minimum Gasteiger partial charge on any atom is -0.397 e. The van der Waals surface area contributed by atoms with E-state index in [9.17, 15) is 8.42 Å². The number of nitrogens with one attached hydrogen (secondary N) is 2. The summed E-state index contributed by atoms with van der Waals surface area (Å²) in [6.07, 6.45) is 2.55. The molecule has 0 atom stereocenters. The summed E-state index contributed by atoms with van der Waals surface area (Å²) in [5, 5.41) is 0.00260. The molecule has 2 aromatic rings. The van der Waals surface area contributed by atoms with E-state index in [0.717, 1.165) is 11.1 Å². The first-order valence-electron chi connectivity index (χ1n) is 5.28. The van der Waals surface area contributed by atoms with Gasteiger partial charge in [0.05, 0.1) is 23.9 Å². The Morgan fingerprint density at radius 2 is 2.06 bits per heavy atom. The maximum atomic E-state index is 12.0. The van der Waals surface area contributed by atoms with Gasteiger partial charge in [-0.1, -0.05) is 6.07 Å². The second kappa shape index (κ2) is 4.34. The number of benzene rings is 1. The predicted molar refractivity (Wildman–Crippen MR) is 69.7 cm³/mol. The van der Waals surface area contributed by atoms with E-state index >= 15 is 0 Å². The van der Waals surface area contributed by atoms with Crippen LogP contribution in [0.1, 0.15) is 11.1 Å². The quantitative estimate of drug-likeness (QED) is 0.731. The van der Waals surface area contributed by atoms with Crippen molar-refractivity contribution in [2.24, 2.45) is 0 Å². The third-order valence-electron chi connectivity index (χ3n) is 2.77. The summed E-state index contributed by atoms with van der Waals surface area (Å²) in [5.41, 5.74) is 8.36. The first-order valence-corrected chi connectivity index (χ1v) is 6.77. The number of nitrogens with two attached hydrogens (primary N) is 1. The Morgan fingerprint density at radius 3 is 2.67 bits per heavy atom. The Kier molecular flexibility index (Phi) is 3.00. The highest BCUT2D eigenvalue weighted by Crippen LogP contribution is 2.27. The molecule has 96 valence electrons. The topological polar surface area (TPSA) is 101 Å². The number of H-pyrrole nitrogens is 1. The van der Waals surface area contributed by atoms with Crippen molar-refractivity contribution in [2.45, 2.75) is 18.9 Å². The third-order valence-corrected chi connectivity index (χ3v) is 4.04. The van der Waals surface area contributed by atoms with Gasteiger partial charge in [-0.25, -0.2) is 4.98 Å². The molecule has 0 unspecified atom stereocenters. The fourth-order valence-corrected chi connectivity index (χ4v) is 2.61. The first kappa shape index (κ1) is 12.4. The van der Waals surface area contributed by atoms with Gasteiger partial charge in [-0.05, 0) is 31.0 Å². The van der Waals surface area contributed by atoms with Crippen LogP contribution in [0.3, 0.4) is 0 Å². The summed E-state index contributed by atoms with van der Waals surface area (Å²) in [4.78, 5) is 6.24. The summed E-state index contributed by atoms with van der Waals surface area (Å²) >= 11 is 0. The second-order valence-corrected chi connectivity index (χ2v) is 5.64. The van der Waals surface area contributed by atoms with Crippen LogP contribution in [0.5, 0.6) is 0 Å². The van der Waals surface area contributed by atoms with Crippen LogP contribution in [0.15, 0.2) is 29.7 Å². The zero-order valence-electron chi connectivity index (χ0n) is 10.1. The number of rotatable bonds is 3. The predicted octanol–water partition coefficient (Wildman–Crippen LogP) is 1.41. The molecule has 1 aromatic heterocycles. The van der Waals surface area contributed by atoms with Crippen LogP contribution < -0.4 is 10.5 Å². The van der Waals surface area contributed by atoms with Gasteiger partial charge in [0.25, 0.3) is 10.0 Å². The van der Waals surface area contributed by atoms with Gasteiger partial charge in [-0.3, -0.25) is 4.72 Å². The number of nitrogens with zero attached hydrogens (tertiary/aromatic N) is 1. The van der Waals surface area contributed by atoms with Gasteiger partial charge >= 0.3 is 0 Å². The van der Waals surface area contributed by atoms with E-state index in [1.807, 2.05) is 19.9 Å². The summed E-state index contributed by atoms with van der Waals surface area (Å²) in [6, 6.07) is 3.52. The van der Waals surface area contributed by atoms with Crippen molar-refractivity contribution in [1.29, 1.82) is 0 Å². The van der Waals surface area contributed by atoms with Crippen LogP contribution in [0.2, 0.25) is 0 Å². The lowest BCUT2D eigenvalue weighted by molar-refractivity contribution is 0.598. The highest BCUT2D eigenvalue weighted by atomic mass is 32.2. The molecule has 0 fully saturated rings. The van der Waals surface area contributed by atoms with E-state index in [2.05, 4.69) is 14.7 Å². The zero-order chi connectivity index (χ0) is 13.3. The standard InChI is InChI=1S/C11H14N4O2S/c1-7-3-4-9(12)11(8(7)2)15-18(16,17)10-5-13-6-14-10/h3-6,15H,12H2,1-2H3,(H,13,14). The van der Waals surface area contributed by atoms with E-state index in [1.165, 1.54) is 12.5 Å². The molecule has 1 aromatic carbocycles. The molecule has 18 heavy (non-hydrogen) atoms. The molecule has 0 aliphatic carbocycles. The number of hydrogen-bond acceptors (Lipinski definition) is 4. The Balaban J connectivity index is 2.45. The van der Waals surface area contributed by atoms with Crippen LogP contribution in [-0.4, -0.2) is 18.4 Å². The van der Waals surface area contributed by atoms with Gasteiger partial charge < -0.3 is 10.7 Å². The monoisotopic (exact) mass is 266 g/mol. The average Bonchev–Trinajstić information content (AvgIpc) is 2.84. The fourth-order valence-electron chi connectivity index (χ4n) is 1.55. The Morgan fingerprint density at radius 1 is 1.33 bits per heavy atom. The van der Waals surface area contributed by atoms with E-state index in [1.54, 1.807) is 6.07 Å². The van der Waals surface area contributed by atoms with Gasteiger partial charge in [-0.2, -0.15) is 8.42 Å². The molecule has 4 N–H and O–H groups in total. The van der Waals surface area contributed by atoms with Crippen molar-refractivity contribution >= 4 is 21.4 Å². The summed E-state index contributed by atoms with van der Waals surface area (Å²) in [6.45, 7) is 3.71.